The molecule has 0 atom stereocenters. The van der Waals surface area contributed by atoms with Crippen molar-refractivity contribution in [2.75, 3.05) is 26.4 Å². The third kappa shape index (κ3) is 11.7. The summed E-state index contributed by atoms with van der Waals surface area (Å²) in [6.45, 7) is 3.03. The van der Waals surface area contributed by atoms with Gasteiger partial charge in [0.05, 0.1) is 26.2 Å². The first-order valence-electron chi connectivity index (χ1n) is 4.78. The summed E-state index contributed by atoms with van der Waals surface area (Å²) in [6, 6.07) is 0. The van der Waals surface area contributed by atoms with E-state index in [9.17, 15) is 13.2 Å². The number of rotatable bonds is 8. The smallest absolute Gasteiger partial charge is 0.379 e. The summed E-state index contributed by atoms with van der Waals surface area (Å²) in [4.78, 5) is 0. The van der Waals surface area contributed by atoms with Crippen LogP contribution in [0.3, 0.4) is 0 Å². The molecule has 14 heavy (non-hydrogen) atoms. The Balaban J connectivity index is 2.99. The standard InChI is InChI=1S/C9H17F3O2/c1-2-3-5-13-7-8-14-6-4-9(10,11)12/h2-8H2,1H3. The minimum atomic E-state index is -4.12. The zero-order valence-corrected chi connectivity index (χ0v) is 8.40. The average molecular weight is 214 g/mol. The Morgan fingerprint density at radius 1 is 0.929 bits per heavy atom. The minimum Gasteiger partial charge on any atom is -0.379 e. The number of alkyl halides is 3. The number of unbranched alkanes of at least 4 members (excludes halogenated alkanes) is 1. The molecular formula is C9H17F3O2. The molecular weight excluding hydrogens is 197 g/mol. The third-order valence-electron chi connectivity index (χ3n) is 1.54. The van der Waals surface area contributed by atoms with Gasteiger partial charge in [-0.1, -0.05) is 13.3 Å². The summed E-state index contributed by atoms with van der Waals surface area (Å²) in [5.41, 5.74) is 0. The molecule has 0 heterocycles. The normalized spacial score (nSPS) is 12.0. The lowest BCUT2D eigenvalue weighted by molar-refractivity contribution is -0.146. The Labute approximate surface area is 82.4 Å². The van der Waals surface area contributed by atoms with Gasteiger partial charge in [0.1, 0.15) is 0 Å². The molecule has 0 aromatic carbocycles. The molecule has 0 N–H and O–H groups in total. The highest BCUT2D eigenvalue weighted by Gasteiger charge is 2.26. The summed E-state index contributed by atoms with van der Waals surface area (Å²) < 4.78 is 44.7. The molecule has 0 fully saturated rings. The molecule has 2 nitrogen and oxygen atoms in total. The highest BCUT2D eigenvalue weighted by molar-refractivity contribution is 4.47. The Kier molecular flexibility index (Phi) is 7.89. The molecule has 0 aliphatic rings. The van der Waals surface area contributed by atoms with Crippen molar-refractivity contribution in [2.24, 2.45) is 0 Å². The predicted molar refractivity (Wildman–Crippen MR) is 47.2 cm³/mol. The maximum atomic E-state index is 11.6. The second-order valence-corrected chi connectivity index (χ2v) is 2.94. The molecule has 0 spiro atoms. The van der Waals surface area contributed by atoms with E-state index in [4.69, 9.17) is 9.47 Å². The minimum absolute atomic E-state index is 0.236. The van der Waals surface area contributed by atoms with Gasteiger partial charge in [0, 0.05) is 6.61 Å². The van der Waals surface area contributed by atoms with E-state index in [1.54, 1.807) is 0 Å². The molecule has 0 aromatic heterocycles. The van der Waals surface area contributed by atoms with Crippen molar-refractivity contribution in [1.29, 1.82) is 0 Å². The molecule has 0 bridgehead atoms. The van der Waals surface area contributed by atoms with Gasteiger partial charge in [-0.15, -0.1) is 0 Å². The van der Waals surface area contributed by atoms with Gasteiger partial charge in [-0.25, -0.2) is 0 Å². The van der Waals surface area contributed by atoms with E-state index in [2.05, 4.69) is 0 Å². The average Bonchev–Trinajstić information content (AvgIpc) is 2.08. The van der Waals surface area contributed by atoms with Crippen molar-refractivity contribution in [3.8, 4) is 0 Å². The van der Waals surface area contributed by atoms with E-state index in [-0.39, 0.29) is 13.2 Å². The van der Waals surface area contributed by atoms with Crippen molar-refractivity contribution in [1.82, 2.24) is 0 Å². The lowest BCUT2D eigenvalue weighted by Gasteiger charge is -2.07. The predicted octanol–water partition coefficient (Wildman–Crippen LogP) is 2.77. The highest BCUT2D eigenvalue weighted by atomic mass is 19.4. The quantitative estimate of drug-likeness (QED) is 0.578. The van der Waals surface area contributed by atoms with Crippen LogP contribution >= 0.6 is 0 Å². The summed E-state index contributed by atoms with van der Waals surface area (Å²) in [5, 5.41) is 0. The van der Waals surface area contributed by atoms with Gasteiger partial charge in [-0.3, -0.25) is 0 Å². The Morgan fingerprint density at radius 2 is 1.50 bits per heavy atom. The van der Waals surface area contributed by atoms with Crippen LogP contribution in [-0.2, 0) is 9.47 Å². The monoisotopic (exact) mass is 214 g/mol. The van der Waals surface area contributed by atoms with Gasteiger partial charge in [0.25, 0.3) is 0 Å². The van der Waals surface area contributed by atoms with E-state index in [0.717, 1.165) is 12.8 Å². The van der Waals surface area contributed by atoms with E-state index < -0.39 is 12.6 Å². The lowest BCUT2D eigenvalue weighted by Crippen LogP contribution is -2.13. The number of hydrogen-bond donors (Lipinski definition) is 0. The van der Waals surface area contributed by atoms with Gasteiger partial charge >= 0.3 is 6.18 Å². The highest BCUT2D eigenvalue weighted by Crippen LogP contribution is 2.18. The fourth-order valence-electron chi connectivity index (χ4n) is 0.756. The van der Waals surface area contributed by atoms with Crippen LogP contribution < -0.4 is 0 Å². The van der Waals surface area contributed by atoms with E-state index in [0.29, 0.717) is 13.2 Å². The van der Waals surface area contributed by atoms with E-state index in [1.807, 2.05) is 6.92 Å². The third-order valence-corrected chi connectivity index (χ3v) is 1.54. The first-order valence-corrected chi connectivity index (χ1v) is 4.78. The van der Waals surface area contributed by atoms with Gasteiger partial charge < -0.3 is 9.47 Å². The Hall–Kier alpha value is -0.290. The summed E-state index contributed by atoms with van der Waals surface area (Å²) in [7, 11) is 0. The maximum absolute atomic E-state index is 11.6. The Bertz CT molecular complexity index is 126. The summed E-state index contributed by atoms with van der Waals surface area (Å²) in [5.74, 6) is 0. The zero-order valence-electron chi connectivity index (χ0n) is 8.40. The largest absolute Gasteiger partial charge is 0.391 e. The molecule has 0 amide bonds. The van der Waals surface area contributed by atoms with Crippen LogP contribution in [0.25, 0.3) is 0 Å². The molecule has 5 heteroatoms. The fraction of sp³-hybridized carbons (Fsp3) is 1.00. The maximum Gasteiger partial charge on any atom is 0.391 e. The second-order valence-electron chi connectivity index (χ2n) is 2.94. The van der Waals surface area contributed by atoms with Crippen LogP contribution in [0.2, 0.25) is 0 Å². The van der Waals surface area contributed by atoms with Crippen LogP contribution in [0.5, 0.6) is 0 Å². The fourth-order valence-corrected chi connectivity index (χ4v) is 0.756. The van der Waals surface area contributed by atoms with Crippen molar-refractivity contribution in [3.63, 3.8) is 0 Å². The molecule has 0 aliphatic carbocycles. The van der Waals surface area contributed by atoms with Gasteiger partial charge in [0.2, 0.25) is 0 Å². The Morgan fingerprint density at radius 3 is 2.00 bits per heavy atom. The van der Waals surface area contributed by atoms with Crippen LogP contribution in [0.15, 0.2) is 0 Å². The molecule has 86 valence electrons. The van der Waals surface area contributed by atoms with Gasteiger partial charge in [-0.05, 0) is 6.42 Å². The summed E-state index contributed by atoms with van der Waals surface area (Å²) in [6.07, 6.45) is -2.98. The van der Waals surface area contributed by atoms with Crippen molar-refractivity contribution in [3.05, 3.63) is 0 Å². The molecule has 0 aromatic rings. The molecule has 0 saturated heterocycles. The first-order chi connectivity index (χ1) is 6.56. The number of halogens is 3. The lowest BCUT2D eigenvalue weighted by atomic mass is 10.4. The summed E-state index contributed by atoms with van der Waals surface area (Å²) >= 11 is 0. The SMILES string of the molecule is CCCCOCCOCCC(F)(F)F. The van der Waals surface area contributed by atoms with Crippen molar-refractivity contribution < 1.29 is 22.6 Å². The number of hydrogen-bond acceptors (Lipinski definition) is 2. The van der Waals surface area contributed by atoms with Crippen molar-refractivity contribution in [2.45, 2.75) is 32.4 Å². The van der Waals surface area contributed by atoms with Gasteiger partial charge in [0.15, 0.2) is 0 Å². The van der Waals surface area contributed by atoms with E-state index in [1.165, 1.54) is 0 Å². The number of ether oxygens (including phenoxy) is 2. The molecule has 0 radical (unpaired) electrons. The topological polar surface area (TPSA) is 18.5 Å². The molecule has 0 saturated carbocycles. The van der Waals surface area contributed by atoms with E-state index >= 15 is 0 Å². The van der Waals surface area contributed by atoms with Crippen LogP contribution in [-0.4, -0.2) is 32.6 Å². The van der Waals surface area contributed by atoms with Crippen LogP contribution in [0.1, 0.15) is 26.2 Å². The van der Waals surface area contributed by atoms with Crippen LogP contribution in [0, 0.1) is 0 Å². The molecule has 0 rings (SSSR count). The van der Waals surface area contributed by atoms with Gasteiger partial charge in [-0.2, -0.15) is 13.2 Å². The molecule has 0 aliphatic heterocycles. The second kappa shape index (κ2) is 8.05. The molecule has 0 unspecified atom stereocenters. The van der Waals surface area contributed by atoms with Crippen molar-refractivity contribution >= 4 is 0 Å². The zero-order chi connectivity index (χ0) is 10.9. The van der Waals surface area contributed by atoms with Crippen LogP contribution in [0.4, 0.5) is 13.2 Å². The first kappa shape index (κ1) is 13.7.